The van der Waals surface area contributed by atoms with Gasteiger partial charge in [-0.05, 0) is 18.1 Å². The number of ether oxygens (including phenoxy) is 5. The van der Waals surface area contributed by atoms with Crippen molar-refractivity contribution in [1.29, 1.82) is 0 Å². The van der Waals surface area contributed by atoms with Gasteiger partial charge in [0.05, 0.1) is 24.7 Å². The summed E-state index contributed by atoms with van der Waals surface area (Å²) in [7, 11) is 3.40. The van der Waals surface area contributed by atoms with Crippen molar-refractivity contribution in [2.24, 2.45) is 0 Å². The van der Waals surface area contributed by atoms with Crippen LogP contribution in [0.4, 0.5) is 0 Å². The smallest absolute Gasteiger partial charge is 0.231 e. The molecule has 0 amide bonds. The van der Waals surface area contributed by atoms with Crippen LogP contribution in [-0.4, -0.2) is 68.0 Å². The second-order valence-corrected chi connectivity index (χ2v) is 7.59. The highest BCUT2D eigenvalue weighted by Gasteiger charge is 2.74. The lowest BCUT2D eigenvalue weighted by molar-refractivity contribution is 0.0134. The Hall–Kier alpha value is -1.54. The van der Waals surface area contributed by atoms with Crippen molar-refractivity contribution >= 4 is 0 Å². The molecule has 25 heavy (non-hydrogen) atoms. The Kier molecular flexibility index (Phi) is 2.68. The predicted octanol–water partition coefficient (Wildman–Crippen LogP) is 0.406. The quantitative estimate of drug-likeness (QED) is 0.777. The number of aliphatic hydroxyl groups is 1. The van der Waals surface area contributed by atoms with Gasteiger partial charge in [0, 0.05) is 31.8 Å². The molecule has 0 radical (unpaired) electrons. The van der Waals surface area contributed by atoms with E-state index in [2.05, 4.69) is 4.90 Å². The minimum atomic E-state index is -0.475. The monoisotopic (exact) mass is 347 g/mol. The van der Waals surface area contributed by atoms with E-state index in [1.165, 1.54) is 0 Å². The van der Waals surface area contributed by atoms with Crippen LogP contribution in [0.3, 0.4) is 0 Å². The highest BCUT2D eigenvalue weighted by Crippen LogP contribution is 2.63. The first-order chi connectivity index (χ1) is 12.2. The zero-order valence-electron chi connectivity index (χ0n) is 14.2. The van der Waals surface area contributed by atoms with Crippen LogP contribution >= 0.6 is 0 Å². The van der Waals surface area contributed by atoms with E-state index in [4.69, 9.17) is 23.7 Å². The fraction of sp³-hybridized carbons (Fsp3) is 0.667. The second-order valence-electron chi connectivity index (χ2n) is 7.59. The van der Waals surface area contributed by atoms with Gasteiger partial charge in [0.2, 0.25) is 12.5 Å². The lowest BCUT2D eigenvalue weighted by Crippen LogP contribution is -2.59. The third kappa shape index (κ3) is 1.53. The molecule has 1 aliphatic carbocycles. The summed E-state index contributed by atoms with van der Waals surface area (Å²) in [5.74, 6) is 2.10. The molecule has 1 N–H and O–H groups in total. The molecular weight excluding hydrogens is 326 g/mol. The average molecular weight is 347 g/mol. The number of epoxide rings is 1. The summed E-state index contributed by atoms with van der Waals surface area (Å²) in [6.45, 7) is 1.57. The zero-order chi connectivity index (χ0) is 16.9. The fourth-order valence-electron chi connectivity index (χ4n) is 5.82. The van der Waals surface area contributed by atoms with Crippen molar-refractivity contribution in [3.8, 4) is 17.2 Å². The fourth-order valence-corrected chi connectivity index (χ4v) is 5.82. The average Bonchev–Trinajstić information content (AvgIpc) is 3.24. The van der Waals surface area contributed by atoms with Crippen LogP contribution in [0.15, 0.2) is 6.07 Å². The normalized spacial score (nSPS) is 44.8. The van der Waals surface area contributed by atoms with E-state index in [0.717, 1.165) is 29.8 Å². The molecule has 7 atom stereocenters. The van der Waals surface area contributed by atoms with Gasteiger partial charge in [0.15, 0.2) is 11.5 Å². The van der Waals surface area contributed by atoms with Gasteiger partial charge in [-0.3, -0.25) is 4.90 Å². The summed E-state index contributed by atoms with van der Waals surface area (Å²) >= 11 is 0. The van der Waals surface area contributed by atoms with Gasteiger partial charge in [-0.2, -0.15) is 0 Å². The summed E-state index contributed by atoms with van der Waals surface area (Å²) in [5.41, 5.74) is 1.74. The van der Waals surface area contributed by atoms with Crippen LogP contribution in [0.5, 0.6) is 17.2 Å². The largest absolute Gasteiger partial charge is 0.492 e. The number of aliphatic hydroxyl groups excluding tert-OH is 1. The number of nitrogens with zero attached hydrogens (tertiary/aromatic N) is 1. The van der Waals surface area contributed by atoms with Crippen molar-refractivity contribution in [2.75, 3.05) is 27.6 Å². The molecule has 1 aromatic carbocycles. The SMILES string of the molecule is COc1c2c(cc3c1OCO3)[C@@]13[C@H](C[C@@H](OC)[C@@H]4O[C@@H]41)N(C2)C[C@@H]3O. The third-order valence-corrected chi connectivity index (χ3v) is 6.83. The summed E-state index contributed by atoms with van der Waals surface area (Å²) in [6.07, 6.45) is 0.508. The Morgan fingerprint density at radius 2 is 2.20 bits per heavy atom. The first-order valence-electron chi connectivity index (χ1n) is 8.80. The standard InChI is InChI=1S/C18H21NO6/c1-21-10-4-12-18(17-16(10)25-17)9-3-11-15(24-7-23-11)14(22-2)8(9)5-19(12)6-13(18)20/h3,10,12-13,16-17,20H,4-7H2,1-2H3/t10-,12+,13+,16+,17+,18+/m1/s1. The zero-order valence-corrected chi connectivity index (χ0v) is 14.2. The summed E-state index contributed by atoms with van der Waals surface area (Å²) in [6, 6.07) is 2.25. The van der Waals surface area contributed by atoms with Gasteiger partial charge < -0.3 is 28.8 Å². The highest BCUT2D eigenvalue weighted by molar-refractivity contribution is 5.64. The molecule has 6 rings (SSSR count). The molecule has 0 aromatic heterocycles. The van der Waals surface area contributed by atoms with Crippen molar-refractivity contribution in [3.05, 3.63) is 17.2 Å². The maximum atomic E-state index is 11.1. The van der Waals surface area contributed by atoms with Crippen LogP contribution in [0.25, 0.3) is 0 Å². The Morgan fingerprint density at radius 3 is 3.00 bits per heavy atom. The van der Waals surface area contributed by atoms with Gasteiger partial charge in [-0.15, -0.1) is 0 Å². The summed E-state index contributed by atoms with van der Waals surface area (Å²) < 4.78 is 28.7. The van der Waals surface area contributed by atoms with E-state index in [9.17, 15) is 5.11 Å². The van der Waals surface area contributed by atoms with Crippen molar-refractivity contribution in [2.45, 2.75) is 48.8 Å². The van der Waals surface area contributed by atoms with E-state index in [0.29, 0.717) is 18.0 Å². The molecule has 2 saturated heterocycles. The van der Waals surface area contributed by atoms with Crippen molar-refractivity contribution < 1.29 is 28.8 Å². The lowest BCUT2D eigenvalue weighted by Gasteiger charge is -2.47. The molecule has 1 saturated carbocycles. The molecule has 2 bridgehead atoms. The summed E-state index contributed by atoms with van der Waals surface area (Å²) in [4.78, 5) is 2.35. The Labute approximate surface area is 145 Å². The maximum Gasteiger partial charge on any atom is 0.231 e. The molecule has 0 spiro atoms. The van der Waals surface area contributed by atoms with Gasteiger partial charge in [-0.1, -0.05) is 0 Å². The minimum Gasteiger partial charge on any atom is -0.492 e. The number of hydrogen-bond donors (Lipinski definition) is 1. The van der Waals surface area contributed by atoms with Crippen molar-refractivity contribution in [3.63, 3.8) is 0 Å². The van der Waals surface area contributed by atoms with E-state index in [1.54, 1.807) is 14.2 Å². The number of benzene rings is 1. The molecule has 1 aromatic rings. The van der Waals surface area contributed by atoms with Crippen LogP contribution in [-0.2, 0) is 21.4 Å². The lowest BCUT2D eigenvalue weighted by atomic mass is 9.61. The number of fused-ring (bicyclic) bond motifs is 3. The van der Waals surface area contributed by atoms with Gasteiger partial charge in [0.25, 0.3) is 0 Å². The van der Waals surface area contributed by atoms with E-state index in [1.807, 2.05) is 6.07 Å². The Morgan fingerprint density at radius 1 is 1.32 bits per heavy atom. The maximum absolute atomic E-state index is 11.1. The van der Waals surface area contributed by atoms with Gasteiger partial charge in [-0.25, -0.2) is 0 Å². The molecule has 5 aliphatic rings. The molecule has 7 heteroatoms. The Bertz CT molecular complexity index is 768. The minimum absolute atomic E-state index is 0.0275. The number of rotatable bonds is 2. The van der Waals surface area contributed by atoms with Crippen LogP contribution in [0.2, 0.25) is 0 Å². The second kappa shape index (κ2) is 4.59. The molecule has 134 valence electrons. The number of methoxy groups -OCH3 is 2. The molecule has 1 unspecified atom stereocenters. The van der Waals surface area contributed by atoms with E-state index in [-0.39, 0.29) is 31.1 Å². The first-order valence-corrected chi connectivity index (χ1v) is 8.80. The molecule has 3 fully saturated rings. The van der Waals surface area contributed by atoms with Crippen LogP contribution in [0, 0.1) is 0 Å². The summed E-state index contributed by atoms with van der Waals surface area (Å²) in [5, 5.41) is 11.1. The molecular formula is C18H21NO6. The van der Waals surface area contributed by atoms with Crippen molar-refractivity contribution in [1.82, 2.24) is 4.90 Å². The van der Waals surface area contributed by atoms with Crippen LogP contribution in [0.1, 0.15) is 17.5 Å². The first kappa shape index (κ1) is 14.6. The number of hydrogen-bond acceptors (Lipinski definition) is 7. The van der Waals surface area contributed by atoms with Gasteiger partial charge >= 0.3 is 0 Å². The van der Waals surface area contributed by atoms with Crippen LogP contribution < -0.4 is 14.2 Å². The van der Waals surface area contributed by atoms with Gasteiger partial charge in [0.1, 0.15) is 12.2 Å². The van der Waals surface area contributed by atoms with E-state index < -0.39 is 11.5 Å². The van der Waals surface area contributed by atoms with E-state index >= 15 is 0 Å². The predicted molar refractivity (Wildman–Crippen MR) is 85.1 cm³/mol. The molecule has 7 nitrogen and oxygen atoms in total. The molecule has 4 heterocycles. The molecule has 4 aliphatic heterocycles. The Balaban J connectivity index is 1.60. The third-order valence-electron chi connectivity index (χ3n) is 6.83. The topological polar surface area (TPSA) is 72.9 Å². The highest BCUT2D eigenvalue weighted by atomic mass is 16.7.